The van der Waals surface area contributed by atoms with Gasteiger partial charge in [-0.05, 0) is 19.0 Å². The molecule has 0 unspecified atom stereocenters. The van der Waals surface area contributed by atoms with Crippen LogP contribution in [-0.4, -0.2) is 42.0 Å². The second-order valence-corrected chi connectivity index (χ2v) is 3.84. The predicted octanol–water partition coefficient (Wildman–Crippen LogP) is -0.190. The molecule has 1 fully saturated rings. The number of nitrogens with one attached hydrogen (secondary N) is 2. The van der Waals surface area contributed by atoms with E-state index >= 15 is 0 Å². The summed E-state index contributed by atoms with van der Waals surface area (Å²) < 4.78 is 0. The zero-order chi connectivity index (χ0) is 11.4. The third kappa shape index (κ3) is 2.49. The Balaban J connectivity index is 2.11. The van der Waals surface area contributed by atoms with E-state index in [0.29, 0.717) is 5.56 Å². The fraction of sp³-hybridized carbons (Fsp3) is 0.455. The number of nitrogens with zero attached hydrogens (tertiary/aromatic N) is 1. The predicted molar refractivity (Wildman–Crippen MR) is 60.5 cm³/mol. The summed E-state index contributed by atoms with van der Waals surface area (Å²) in [7, 11) is 0. The summed E-state index contributed by atoms with van der Waals surface area (Å²) in [6.07, 6.45) is 2.44. The minimum absolute atomic E-state index is 0.0139. The topological polar surface area (TPSA) is 65.2 Å². The van der Waals surface area contributed by atoms with Crippen LogP contribution in [0.5, 0.6) is 0 Å². The molecular weight excluding hydrogens is 206 g/mol. The molecule has 2 rings (SSSR count). The Morgan fingerprint density at radius 1 is 1.25 bits per heavy atom. The maximum absolute atomic E-state index is 12.0. The second-order valence-electron chi connectivity index (χ2n) is 3.84. The molecule has 0 aliphatic carbocycles. The molecule has 0 radical (unpaired) electrons. The van der Waals surface area contributed by atoms with Crippen molar-refractivity contribution in [2.24, 2.45) is 0 Å². The molecule has 2 heterocycles. The first-order valence-electron chi connectivity index (χ1n) is 5.46. The van der Waals surface area contributed by atoms with Crippen molar-refractivity contribution in [1.29, 1.82) is 0 Å². The molecule has 1 aromatic heterocycles. The van der Waals surface area contributed by atoms with Gasteiger partial charge < -0.3 is 15.2 Å². The number of H-pyrrole nitrogens is 1. The van der Waals surface area contributed by atoms with Crippen LogP contribution in [0.4, 0.5) is 0 Å². The van der Waals surface area contributed by atoms with Gasteiger partial charge in [0.1, 0.15) is 0 Å². The molecule has 0 aromatic carbocycles. The van der Waals surface area contributed by atoms with Crippen molar-refractivity contribution in [3.05, 3.63) is 34.2 Å². The Kier molecular flexibility index (Phi) is 3.36. The molecule has 1 saturated heterocycles. The van der Waals surface area contributed by atoms with Crippen molar-refractivity contribution in [3.8, 4) is 0 Å². The molecule has 1 aliphatic heterocycles. The molecule has 0 bridgehead atoms. The highest BCUT2D eigenvalue weighted by atomic mass is 16.2. The van der Waals surface area contributed by atoms with E-state index in [-0.39, 0.29) is 11.5 Å². The van der Waals surface area contributed by atoms with Gasteiger partial charge in [0.25, 0.3) is 5.91 Å². The summed E-state index contributed by atoms with van der Waals surface area (Å²) in [4.78, 5) is 27.3. The van der Waals surface area contributed by atoms with Crippen LogP contribution in [0.15, 0.2) is 23.1 Å². The number of rotatable bonds is 1. The summed E-state index contributed by atoms with van der Waals surface area (Å²) in [5, 5.41) is 3.24. The SMILES string of the molecule is O=C(c1ccc(=O)[nH]c1)N1CCCNCC1. The Morgan fingerprint density at radius 3 is 2.88 bits per heavy atom. The lowest BCUT2D eigenvalue weighted by atomic mass is 10.2. The van der Waals surface area contributed by atoms with Gasteiger partial charge in [-0.2, -0.15) is 0 Å². The average Bonchev–Trinajstić information content (AvgIpc) is 2.57. The first-order valence-corrected chi connectivity index (χ1v) is 5.46. The van der Waals surface area contributed by atoms with E-state index in [1.54, 1.807) is 6.07 Å². The minimum Gasteiger partial charge on any atom is -0.337 e. The second kappa shape index (κ2) is 4.94. The van der Waals surface area contributed by atoms with Crippen LogP contribution in [0.2, 0.25) is 0 Å². The lowest BCUT2D eigenvalue weighted by Crippen LogP contribution is -2.34. The number of amides is 1. The summed E-state index contributed by atoms with van der Waals surface area (Å²) in [5.74, 6) is -0.0139. The molecule has 0 atom stereocenters. The third-order valence-corrected chi connectivity index (χ3v) is 2.66. The van der Waals surface area contributed by atoms with Crippen molar-refractivity contribution in [2.75, 3.05) is 26.2 Å². The maximum atomic E-state index is 12.0. The summed E-state index contributed by atoms with van der Waals surface area (Å²) >= 11 is 0. The number of hydrogen-bond acceptors (Lipinski definition) is 3. The summed E-state index contributed by atoms with van der Waals surface area (Å²) in [5.41, 5.74) is 0.357. The molecule has 0 saturated carbocycles. The first kappa shape index (κ1) is 10.9. The summed E-state index contributed by atoms with van der Waals surface area (Å²) in [6.45, 7) is 3.27. The smallest absolute Gasteiger partial charge is 0.255 e. The molecule has 16 heavy (non-hydrogen) atoms. The number of carbonyl (C=O) groups excluding carboxylic acids is 1. The zero-order valence-electron chi connectivity index (χ0n) is 9.03. The van der Waals surface area contributed by atoms with E-state index in [1.807, 2.05) is 4.90 Å². The number of carbonyl (C=O) groups is 1. The van der Waals surface area contributed by atoms with Crippen LogP contribution in [0.3, 0.4) is 0 Å². The van der Waals surface area contributed by atoms with Crippen LogP contribution in [0, 0.1) is 0 Å². The summed E-state index contributed by atoms with van der Waals surface area (Å²) in [6, 6.07) is 2.95. The van der Waals surface area contributed by atoms with Gasteiger partial charge in [0, 0.05) is 31.9 Å². The highest BCUT2D eigenvalue weighted by Crippen LogP contribution is 2.04. The molecule has 2 N–H and O–H groups in total. The Hall–Kier alpha value is -1.62. The normalized spacial score (nSPS) is 16.9. The number of hydrogen-bond donors (Lipinski definition) is 2. The molecule has 1 amide bonds. The molecule has 1 aromatic rings. The van der Waals surface area contributed by atoms with Crippen molar-refractivity contribution >= 4 is 5.91 Å². The monoisotopic (exact) mass is 221 g/mol. The largest absolute Gasteiger partial charge is 0.337 e. The van der Waals surface area contributed by atoms with Crippen molar-refractivity contribution in [2.45, 2.75) is 6.42 Å². The van der Waals surface area contributed by atoms with Crippen LogP contribution in [0.1, 0.15) is 16.8 Å². The van der Waals surface area contributed by atoms with Gasteiger partial charge in [-0.1, -0.05) is 0 Å². The van der Waals surface area contributed by atoms with Gasteiger partial charge in [0.2, 0.25) is 5.56 Å². The Bertz CT molecular complexity index is 399. The molecule has 1 aliphatic rings. The fourth-order valence-electron chi connectivity index (χ4n) is 1.77. The van der Waals surface area contributed by atoms with Gasteiger partial charge in [-0.3, -0.25) is 9.59 Å². The molecule has 5 nitrogen and oxygen atoms in total. The highest BCUT2D eigenvalue weighted by molar-refractivity contribution is 5.93. The van der Waals surface area contributed by atoms with Gasteiger partial charge in [-0.25, -0.2) is 0 Å². The quantitative estimate of drug-likeness (QED) is 0.691. The van der Waals surface area contributed by atoms with Crippen LogP contribution in [0.25, 0.3) is 0 Å². The van der Waals surface area contributed by atoms with E-state index in [4.69, 9.17) is 0 Å². The van der Waals surface area contributed by atoms with Crippen molar-refractivity contribution in [3.63, 3.8) is 0 Å². The molecular formula is C11H15N3O2. The third-order valence-electron chi connectivity index (χ3n) is 2.66. The average molecular weight is 221 g/mol. The van der Waals surface area contributed by atoms with Gasteiger partial charge in [-0.15, -0.1) is 0 Å². The van der Waals surface area contributed by atoms with E-state index in [1.165, 1.54) is 12.3 Å². The number of aromatic nitrogens is 1. The lowest BCUT2D eigenvalue weighted by Gasteiger charge is -2.19. The highest BCUT2D eigenvalue weighted by Gasteiger charge is 2.16. The Labute approximate surface area is 93.5 Å². The van der Waals surface area contributed by atoms with E-state index in [0.717, 1.165) is 32.6 Å². The van der Waals surface area contributed by atoms with Crippen LogP contribution < -0.4 is 10.9 Å². The van der Waals surface area contributed by atoms with E-state index in [2.05, 4.69) is 10.3 Å². The fourth-order valence-corrected chi connectivity index (χ4v) is 1.77. The first-order chi connectivity index (χ1) is 7.77. The molecule has 0 spiro atoms. The standard InChI is InChI=1S/C11H15N3O2/c15-10-3-2-9(8-13-10)11(16)14-6-1-4-12-5-7-14/h2-3,8,12H,1,4-7H2,(H,13,15). The number of pyridine rings is 1. The zero-order valence-corrected chi connectivity index (χ0v) is 9.03. The number of aromatic amines is 1. The van der Waals surface area contributed by atoms with E-state index in [9.17, 15) is 9.59 Å². The molecule has 5 heteroatoms. The maximum Gasteiger partial charge on any atom is 0.255 e. The Morgan fingerprint density at radius 2 is 2.12 bits per heavy atom. The van der Waals surface area contributed by atoms with Gasteiger partial charge in [0.05, 0.1) is 5.56 Å². The lowest BCUT2D eigenvalue weighted by molar-refractivity contribution is 0.0766. The van der Waals surface area contributed by atoms with Gasteiger partial charge in [0.15, 0.2) is 0 Å². The van der Waals surface area contributed by atoms with Crippen LogP contribution >= 0.6 is 0 Å². The van der Waals surface area contributed by atoms with Crippen LogP contribution in [-0.2, 0) is 0 Å². The molecule has 86 valence electrons. The minimum atomic E-state index is -0.186. The van der Waals surface area contributed by atoms with Crippen molar-refractivity contribution in [1.82, 2.24) is 15.2 Å². The van der Waals surface area contributed by atoms with E-state index < -0.39 is 0 Å². The van der Waals surface area contributed by atoms with Gasteiger partial charge >= 0.3 is 0 Å². The van der Waals surface area contributed by atoms with Crippen molar-refractivity contribution < 1.29 is 4.79 Å².